The number of anilines is 1. The third kappa shape index (κ3) is 4.27. The Kier molecular flexibility index (Phi) is 4.58. The summed E-state index contributed by atoms with van der Waals surface area (Å²) in [6.07, 6.45) is -4.11. The minimum Gasteiger partial charge on any atom is -0.385 e. The van der Waals surface area contributed by atoms with E-state index in [0.717, 1.165) is 12.1 Å². The van der Waals surface area contributed by atoms with Crippen molar-refractivity contribution in [1.82, 2.24) is 4.90 Å². The highest BCUT2D eigenvalue weighted by atomic mass is 19.4. The van der Waals surface area contributed by atoms with Gasteiger partial charge in [0.05, 0.1) is 5.56 Å². The van der Waals surface area contributed by atoms with Gasteiger partial charge in [-0.3, -0.25) is 4.79 Å². The lowest BCUT2D eigenvalue weighted by atomic mass is 10.2. The van der Waals surface area contributed by atoms with Crippen LogP contribution in [0.5, 0.6) is 0 Å². The first-order valence-electron chi connectivity index (χ1n) is 5.42. The fourth-order valence-electron chi connectivity index (χ4n) is 1.34. The van der Waals surface area contributed by atoms with Gasteiger partial charge in [-0.2, -0.15) is 13.2 Å². The molecule has 0 radical (unpaired) electrons. The van der Waals surface area contributed by atoms with Crippen LogP contribution in [0.3, 0.4) is 0 Å². The van der Waals surface area contributed by atoms with Crippen molar-refractivity contribution in [3.05, 3.63) is 29.8 Å². The number of alkyl halides is 3. The molecule has 0 aromatic heterocycles. The van der Waals surface area contributed by atoms with Crippen LogP contribution in [0.1, 0.15) is 12.0 Å². The Morgan fingerprint density at radius 1 is 1.33 bits per heavy atom. The van der Waals surface area contributed by atoms with Crippen molar-refractivity contribution in [2.24, 2.45) is 0 Å². The standard InChI is InChI=1S/C12H15F3N2O/c1-17(2)11(18)6-7-16-10-5-3-4-9(8-10)12(13,14)15/h3-5,8,16H,6-7H2,1-2H3. The molecule has 100 valence electrons. The number of benzene rings is 1. The number of hydrogen-bond acceptors (Lipinski definition) is 2. The van der Waals surface area contributed by atoms with Gasteiger partial charge in [-0.05, 0) is 18.2 Å². The second-order valence-electron chi connectivity index (χ2n) is 4.04. The number of halogens is 3. The Morgan fingerprint density at radius 3 is 2.56 bits per heavy atom. The van der Waals surface area contributed by atoms with Gasteiger partial charge in [0.2, 0.25) is 5.91 Å². The molecule has 1 amide bonds. The predicted octanol–water partition coefficient (Wildman–Crippen LogP) is 2.60. The molecule has 0 aliphatic carbocycles. The summed E-state index contributed by atoms with van der Waals surface area (Å²) in [6.45, 7) is 0.304. The fraction of sp³-hybridized carbons (Fsp3) is 0.417. The third-order valence-electron chi connectivity index (χ3n) is 2.36. The number of hydrogen-bond donors (Lipinski definition) is 1. The van der Waals surface area contributed by atoms with Crippen LogP contribution in [0.15, 0.2) is 24.3 Å². The van der Waals surface area contributed by atoms with Gasteiger partial charge in [0, 0.05) is 32.7 Å². The summed E-state index contributed by atoms with van der Waals surface area (Å²) in [5, 5.41) is 2.80. The Hall–Kier alpha value is -1.72. The SMILES string of the molecule is CN(C)C(=O)CCNc1cccc(C(F)(F)F)c1. The van der Waals surface area contributed by atoms with Crippen molar-refractivity contribution >= 4 is 11.6 Å². The molecule has 0 aliphatic rings. The largest absolute Gasteiger partial charge is 0.416 e. The summed E-state index contributed by atoms with van der Waals surface area (Å²) in [7, 11) is 3.26. The van der Waals surface area contributed by atoms with Gasteiger partial charge in [0.25, 0.3) is 0 Å². The van der Waals surface area contributed by atoms with Crippen molar-refractivity contribution in [1.29, 1.82) is 0 Å². The smallest absolute Gasteiger partial charge is 0.385 e. The van der Waals surface area contributed by atoms with Gasteiger partial charge < -0.3 is 10.2 Å². The van der Waals surface area contributed by atoms with Gasteiger partial charge in [0.1, 0.15) is 0 Å². The van der Waals surface area contributed by atoms with Crippen LogP contribution in [-0.4, -0.2) is 31.4 Å². The second-order valence-corrected chi connectivity index (χ2v) is 4.04. The maximum Gasteiger partial charge on any atom is 0.416 e. The van der Waals surface area contributed by atoms with Gasteiger partial charge in [-0.15, -0.1) is 0 Å². The van der Waals surface area contributed by atoms with E-state index in [1.165, 1.54) is 17.0 Å². The Labute approximate surface area is 104 Å². The van der Waals surface area contributed by atoms with Gasteiger partial charge in [-0.25, -0.2) is 0 Å². The summed E-state index contributed by atoms with van der Waals surface area (Å²) in [6, 6.07) is 4.91. The highest BCUT2D eigenvalue weighted by Gasteiger charge is 2.30. The Bertz CT molecular complexity index is 416. The lowest BCUT2D eigenvalue weighted by molar-refractivity contribution is -0.137. The van der Waals surface area contributed by atoms with Crippen molar-refractivity contribution < 1.29 is 18.0 Å². The van der Waals surface area contributed by atoms with Crippen LogP contribution < -0.4 is 5.32 Å². The van der Waals surface area contributed by atoms with Gasteiger partial charge in [0.15, 0.2) is 0 Å². The summed E-state index contributed by atoms with van der Waals surface area (Å²) in [5.41, 5.74) is -0.345. The summed E-state index contributed by atoms with van der Waals surface area (Å²) in [4.78, 5) is 12.7. The molecule has 0 aliphatic heterocycles. The lowest BCUT2D eigenvalue weighted by Gasteiger charge is -2.12. The van der Waals surface area contributed by atoms with E-state index in [1.807, 2.05) is 0 Å². The Balaban J connectivity index is 2.56. The average molecular weight is 260 g/mol. The summed E-state index contributed by atoms with van der Waals surface area (Å²) in [5.74, 6) is -0.0746. The monoisotopic (exact) mass is 260 g/mol. The second kappa shape index (κ2) is 5.75. The molecule has 6 heteroatoms. The minimum absolute atomic E-state index is 0.0746. The Morgan fingerprint density at radius 2 is 2.00 bits per heavy atom. The van der Waals surface area contributed by atoms with E-state index in [-0.39, 0.29) is 12.3 Å². The topological polar surface area (TPSA) is 32.3 Å². The fourth-order valence-corrected chi connectivity index (χ4v) is 1.34. The molecule has 1 aromatic carbocycles. The van der Waals surface area contributed by atoms with E-state index >= 15 is 0 Å². The van der Waals surface area contributed by atoms with E-state index in [4.69, 9.17) is 0 Å². The highest BCUT2D eigenvalue weighted by molar-refractivity contribution is 5.76. The number of amides is 1. The van der Waals surface area contributed by atoms with E-state index in [1.54, 1.807) is 14.1 Å². The zero-order valence-electron chi connectivity index (χ0n) is 10.2. The molecule has 0 heterocycles. The van der Waals surface area contributed by atoms with E-state index in [2.05, 4.69) is 5.32 Å². The molecule has 1 N–H and O–H groups in total. The molecular formula is C12H15F3N2O. The number of carbonyl (C=O) groups excluding carboxylic acids is 1. The van der Waals surface area contributed by atoms with Gasteiger partial charge in [-0.1, -0.05) is 6.07 Å². The first-order chi connectivity index (χ1) is 8.30. The predicted molar refractivity (Wildman–Crippen MR) is 63.2 cm³/mol. The summed E-state index contributed by atoms with van der Waals surface area (Å²) < 4.78 is 37.3. The lowest BCUT2D eigenvalue weighted by Crippen LogP contribution is -2.23. The molecular weight excluding hydrogens is 245 g/mol. The molecule has 1 rings (SSSR count). The van der Waals surface area contributed by atoms with Crippen molar-refractivity contribution in [3.63, 3.8) is 0 Å². The van der Waals surface area contributed by atoms with Crippen molar-refractivity contribution in [2.45, 2.75) is 12.6 Å². The van der Waals surface area contributed by atoms with Crippen LogP contribution in [0, 0.1) is 0 Å². The highest BCUT2D eigenvalue weighted by Crippen LogP contribution is 2.30. The quantitative estimate of drug-likeness (QED) is 0.902. The van der Waals surface area contributed by atoms with Crippen LogP contribution in [0.25, 0.3) is 0 Å². The zero-order chi connectivity index (χ0) is 13.8. The van der Waals surface area contributed by atoms with Crippen LogP contribution in [-0.2, 0) is 11.0 Å². The van der Waals surface area contributed by atoms with Crippen molar-refractivity contribution in [3.8, 4) is 0 Å². The van der Waals surface area contributed by atoms with Crippen LogP contribution >= 0.6 is 0 Å². The first-order valence-corrected chi connectivity index (χ1v) is 5.42. The molecule has 1 aromatic rings. The van der Waals surface area contributed by atoms with E-state index < -0.39 is 11.7 Å². The molecule has 0 atom stereocenters. The molecule has 0 saturated heterocycles. The van der Waals surface area contributed by atoms with Gasteiger partial charge >= 0.3 is 6.18 Å². The number of rotatable bonds is 4. The van der Waals surface area contributed by atoms with E-state index in [0.29, 0.717) is 12.2 Å². The number of nitrogens with zero attached hydrogens (tertiary/aromatic N) is 1. The zero-order valence-corrected chi connectivity index (χ0v) is 10.2. The number of carbonyl (C=O) groups is 1. The van der Waals surface area contributed by atoms with Crippen LogP contribution in [0.2, 0.25) is 0 Å². The maximum absolute atomic E-state index is 12.4. The molecule has 0 unspecified atom stereocenters. The third-order valence-corrected chi connectivity index (χ3v) is 2.36. The number of nitrogens with one attached hydrogen (secondary N) is 1. The van der Waals surface area contributed by atoms with E-state index in [9.17, 15) is 18.0 Å². The molecule has 18 heavy (non-hydrogen) atoms. The normalized spacial score (nSPS) is 11.2. The molecule has 0 saturated carbocycles. The molecule has 0 fully saturated rings. The maximum atomic E-state index is 12.4. The first kappa shape index (κ1) is 14.3. The van der Waals surface area contributed by atoms with Crippen LogP contribution in [0.4, 0.5) is 18.9 Å². The minimum atomic E-state index is -4.35. The molecule has 3 nitrogen and oxygen atoms in total. The summed E-state index contributed by atoms with van der Waals surface area (Å²) >= 11 is 0. The average Bonchev–Trinajstić information content (AvgIpc) is 2.28. The molecule has 0 spiro atoms. The van der Waals surface area contributed by atoms with Crippen molar-refractivity contribution in [2.75, 3.05) is 26.0 Å². The molecule has 0 bridgehead atoms.